The third-order valence-electron chi connectivity index (χ3n) is 4.59. The van der Waals surface area contributed by atoms with Gasteiger partial charge in [-0.1, -0.05) is 60.7 Å². The van der Waals surface area contributed by atoms with Crippen molar-refractivity contribution in [2.75, 3.05) is 13.1 Å². The molecule has 0 aromatic heterocycles. The van der Waals surface area contributed by atoms with Crippen LogP contribution in [0.25, 0.3) is 0 Å². The van der Waals surface area contributed by atoms with Crippen LogP contribution in [-0.2, 0) is 17.6 Å². The van der Waals surface area contributed by atoms with Gasteiger partial charge in [0, 0.05) is 25.0 Å². The van der Waals surface area contributed by atoms with E-state index in [0.29, 0.717) is 38.8 Å². The molecule has 0 aliphatic heterocycles. The second-order valence-electron chi connectivity index (χ2n) is 6.96. The average molecular weight is 383 g/mol. The molecule has 1 atom stereocenters. The number of carboxylic acid groups (broad SMARTS) is 1. The molecule has 0 aliphatic carbocycles. The monoisotopic (exact) mass is 383 g/mol. The molecule has 0 saturated carbocycles. The van der Waals surface area contributed by atoms with Crippen molar-refractivity contribution in [3.8, 4) is 0 Å². The Kier molecular flexibility index (Phi) is 9.01. The summed E-state index contributed by atoms with van der Waals surface area (Å²) >= 11 is 0. The molecule has 28 heavy (non-hydrogen) atoms. The van der Waals surface area contributed by atoms with Gasteiger partial charge in [-0.15, -0.1) is 0 Å². The van der Waals surface area contributed by atoms with Crippen molar-refractivity contribution in [2.24, 2.45) is 11.7 Å². The highest BCUT2D eigenvalue weighted by atomic mass is 16.4. The van der Waals surface area contributed by atoms with Crippen molar-refractivity contribution in [2.45, 2.75) is 31.7 Å². The molecule has 0 heterocycles. The summed E-state index contributed by atoms with van der Waals surface area (Å²) in [7, 11) is 0. The number of carbonyl (C=O) groups is 2. The van der Waals surface area contributed by atoms with Crippen LogP contribution in [-0.4, -0.2) is 36.2 Å². The van der Waals surface area contributed by atoms with Gasteiger partial charge in [0.1, 0.15) is 0 Å². The van der Waals surface area contributed by atoms with E-state index in [1.165, 1.54) is 0 Å². The molecule has 0 radical (unpaired) electrons. The van der Waals surface area contributed by atoms with E-state index >= 15 is 0 Å². The summed E-state index contributed by atoms with van der Waals surface area (Å²) in [5.41, 5.74) is 8.31. The molecule has 0 bridgehead atoms. The summed E-state index contributed by atoms with van der Waals surface area (Å²) in [4.78, 5) is 23.3. The molecule has 2 amide bonds. The summed E-state index contributed by atoms with van der Waals surface area (Å²) < 4.78 is 0. The minimum absolute atomic E-state index is 0.00758. The van der Waals surface area contributed by atoms with E-state index in [1.807, 2.05) is 60.7 Å². The first-order chi connectivity index (χ1) is 13.5. The topological polar surface area (TPSA) is 104 Å². The van der Waals surface area contributed by atoms with Crippen LogP contribution in [0.5, 0.6) is 0 Å². The highest BCUT2D eigenvalue weighted by molar-refractivity contribution is 5.79. The largest absolute Gasteiger partial charge is 0.465 e. The number of nitrogens with one attached hydrogen (secondary N) is 2. The lowest BCUT2D eigenvalue weighted by Gasteiger charge is -2.19. The van der Waals surface area contributed by atoms with Gasteiger partial charge < -0.3 is 21.5 Å². The predicted octanol–water partition coefficient (Wildman–Crippen LogP) is 2.58. The van der Waals surface area contributed by atoms with E-state index in [2.05, 4.69) is 10.6 Å². The van der Waals surface area contributed by atoms with E-state index < -0.39 is 6.09 Å². The second kappa shape index (κ2) is 11.8. The lowest BCUT2D eigenvalue weighted by atomic mass is 9.91. The highest BCUT2D eigenvalue weighted by Crippen LogP contribution is 2.15. The van der Waals surface area contributed by atoms with E-state index in [0.717, 1.165) is 11.1 Å². The molecular weight excluding hydrogens is 354 g/mol. The summed E-state index contributed by atoms with van der Waals surface area (Å²) in [6.07, 6.45) is 1.58. The number of amides is 2. The molecule has 2 aromatic rings. The molecule has 150 valence electrons. The quantitative estimate of drug-likeness (QED) is 0.448. The third kappa shape index (κ3) is 8.22. The minimum Gasteiger partial charge on any atom is -0.465 e. The fourth-order valence-electron chi connectivity index (χ4n) is 3.09. The maximum atomic E-state index is 12.8. The molecule has 6 nitrogen and oxygen atoms in total. The van der Waals surface area contributed by atoms with Gasteiger partial charge in [0.2, 0.25) is 5.91 Å². The number of benzene rings is 2. The minimum atomic E-state index is -1.04. The molecule has 2 aromatic carbocycles. The molecule has 0 saturated heterocycles. The fourth-order valence-corrected chi connectivity index (χ4v) is 3.09. The Hall–Kier alpha value is -2.86. The Bertz CT molecular complexity index is 681. The third-order valence-corrected chi connectivity index (χ3v) is 4.59. The summed E-state index contributed by atoms with van der Waals surface area (Å²) in [5, 5.41) is 13.8. The van der Waals surface area contributed by atoms with Crippen LogP contribution < -0.4 is 16.4 Å². The van der Waals surface area contributed by atoms with E-state index in [-0.39, 0.29) is 17.9 Å². The van der Waals surface area contributed by atoms with Gasteiger partial charge in [-0.05, 0) is 36.8 Å². The normalized spacial score (nSPS) is 11.8. The number of rotatable bonds is 11. The van der Waals surface area contributed by atoms with Crippen molar-refractivity contribution >= 4 is 12.0 Å². The highest BCUT2D eigenvalue weighted by Gasteiger charge is 2.20. The zero-order valence-corrected chi connectivity index (χ0v) is 16.0. The maximum Gasteiger partial charge on any atom is 0.404 e. The molecule has 1 unspecified atom stereocenters. The zero-order chi connectivity index (χ0) is 20.2. The van der Waals surface area contributed by atoms with Crippen molar-refractivity contribution in [3.05, 3.63) is 71.8 Å². The molecule has 6 heteroatoms. The average Bonchev–Trinajstić information content (AvgIpc) is 2.70. The summed E-state index contributed by atoms with van der Waals surface area (Å²) in [5.74, 6) is -0.183. The first-order valence-corrected chi connectivity index (χ1v) is 9.62. The van der Waals surface area contributed by atoms with Crippen molar-refractivity contribution in [1.29, 1.82) is 0 Å². The zero-order valence-electron chi connectivity index (χ0n) is 16.0. The molecule has 2 rings (SSSR count). The van der Waals surface area contributed by atoms with Gasteiger partial charge in [-0.3, -0.25) is 4.79 Å². The smallest absolute Gasteiger partial charge is 0.404 e. The van der Waals surface area contributed by atoms with Gasteiger partial charge in [0.05, 0.1) is 0 Å². The predicted molar refractivity (Wildman–Crippen MR) is 110 cm³/mol. The fraction of sp³-hybridized carbons (Fsp3) is 0.364. The van der Waals surface area contributed by atoms with E-state index in [9.17, 15) is 9.59 Å². The molecule has 0 spiro atoms. The Morgan fingerprint density at radius 3 is 1.93 bits per heavy atom. The van der Waals surface area contributed by atoms with Gasteiger partial charge in [-0.25, -0.2) is 4.79 Å². The number of nitrogens with two attached hydrogens (primary N) is 1. The Morgan fingerprint density at radius 2 is 1.43 bits per heavy atom. The number of hydrogen-bond acceptors (Lipinski definition) is 3. The van der Waals surface area contributed by atoms with Crippen LogP contribution in [0, 0.1) is 5.92 Å². The van der Waals surface area contributed by atoms with Crippen LogP contribution in [0.2, 0.25) is 0 Å². The van der Waals surface area contributed by atoms with Gasteiger partial charge in [-0.2, -0.15) is 0 Å². The molecule has 0 aliphatic rings. The lowest BCUT2D eigenvalue weighted by molar-refractivity contribution is -0.125. The first kappa shape index (κ1) is 21.4. The van der Waals surface area contributed by atoms with Crippen molar-refractivity contribution in [1.82, 2.24) is 10.6 Å². The van der Waals surface area contributed by atoms with E-state index in [4.69, 9.17) is 10.8 Å². The molecule has 5 N–H and O–H groups in total. The molecule has 0 fully saturated rings. The first-order valence-electron chi connectivity index (χ1n) is 9.62. The van der Waals surface area contributed by atoms with Crippen LogP contribution in [0.1, 0.15) is 24.0 Å². The van der Waals surface area contributed by atoms with Gasteiger partial charge >= 0.3 is 6.09 Å². The van der Waals surface area contributed by atoms with Gasteiger partial charge in [0.15, 0.2) is 0 Å². The van der Waals surface area contributed by atoms with E-state index in [1.54, 1.807) is 0 Å². The molecular formula is C22H29N3O3. The lowest BCUT2D eigenvalue weighted by Crippen LogP contribution is -2.41. The Morgan fingerprint density at radius 1 is 0.893 bits per heavy atom. The summed E-state index contributed by atoms with van der Waals surface area (Å²) in [6.45, 7) is 0.744. The van der Waals surface area contributed by atoms with Crippen molar-refractivity contribution < 1.29 is 14.7 Å². The van der Waals surface area contributed by atoms with Gasteiger partial charge in [0.25, 0.3) is 0 Å². The standard InChI is InChI=1S/C22H29N3O3/c23-20(12-7-13-24-22(27)28)16-25-21(26)19(14-17-8-3-1-4-9-17)15-18-10-5-2-6-11-18/h1-6,8-11,19-20,24H,7,12-16,23H2,(H,25,26)(H,27,28). The SMILES string of the molecule is NC(CCCNC(=O)O)CNC(=O)C(Cc1ccccc1)Cc1ccccc1. The van der Waals surface area contributed by atoms with Crippen molar-refractivity contribution in [3.63, 3.8) is 0 Å². The maximum absolute atomic E-state index is 12.8. The van der Waals surface area contributed by atoms with Crippen LogP contribution in [0.4, 0.5) is 4.79 Å². The Balaban J connectivity index is 1.88. The Labute approximate surface area is 166 Å². The van der Waals surface area contributed by atoms with Crippen LogP contribution in [0.15, 0.2) is 60.7 Å². The van der Waals surface area contributed by atoms with Crippen LogP contribution >= 0.6 is 0 Å². The van der Waals surface area contributed by atoms with Crippen LogP contribution in [0.3, 0.4) is 0 Å². The number of hydrogen-bond donors (Lipinski definition) is 4. The second-order valence-corrected chi connectivity index (χ2v) is 6.96. The summed E-state index contributed by atoms with van der Waals surface area (Å²) in [6, 6.07) is 19.8. The number of carbonyl (C=O) groups excluding carboxylic acids is 1.